The number of aryl methyl sites for hydroxylation is 1. The van der Waals surface area contributed by atoms with Crippen molar-refractivity contribution in [3.63, 3.8) is 0 Å². The first-order valence-corrected chi connectivity index (χ1v) is 7.94. The Kier molecular flexibility index (Phi) is 4.27. The van der Waals surface area contributed by atoms with Gasteiger partial charge in [-0.15, -0.1) is 6.58 Å². The Labute approximate surface area is 131 Å². The normalized spacial score (nSPS) is 23.7. The third kappa shape index (κ3) is 2.78. The molecule has 0 saturated carbocycles. The molecular formula is C18H22N2O2. The van der Waals surface area contributed by atoms with Crippen LogP contribution in [0.5, 0.6) is 0 Å². The Balaban J connectivity index is 1.60. The van der Waals surface area contributed by atoms with Crippen molar-refractivity contribution in [2.24, 2.45) is 0 Å². The van der Waals surface area contributed by atoms with Gasteiger partial charge in [0.15, 0.2) is 0 Å². The Bertz CT molecular complexity index is 570. The van der Waals surface area contributed by atoms with Gasteiger partial charge in [-0.3, -0.25) is 9.59 Å². The summed E-state index contributed by atoms with van der Waals surface area (Å²) in [5.41, 5.74) is 1.18. The third-order valence-corrected chi connectivity index (χ3v) is 4.73. The van der Waals surface area contributed by atoms with Gasteiger partial charge < -0.3 is 9.80 Å². The summed E-state index contributed by atoms with van der Waals surface area (Å²) >= 11 is 0. The second kappa shape index (κ2) is 6.34. The van der Waals surface area contributed by atoms with Crippen LogP contribution >= 0.6 is 0 Å². The smallest absolute Gasteiger partial charge is 0.225 e. The molecule has 0 unspecified atom stereocenters. The van der Waals surface area contributed by atoms with Crippen molar-refractivity contribution in [1.82, 2.24) is 9.80 Å². The van der Waals surface area contributed by atoms with Crippen LogP contribution in [-0.2, 0) is 16.0 Å². The summed E-state index contributed by atoms with van der Waals surface area (Å²) in [6, 6.07) is 10.3. The minimum atomic E-state index is 0.0655. The van der Waals surface area contributed by atoms with E-state index in [1.54, 1.807) is 6.08 Å². The Morgan fingerprint density at radius 1 is 1.27 bits per heavy atom. The molecule has 0 radical (unpaired) electrons. The molecular weight excluding hydrogens is 276 g/mol. The first kappa shape index (κ1) is 14.8. The summed E-state index contributed by atoms with van der Waals surface area (Å²) in [5, 5.41) is 0. The molecule has 0 aromatic heterocycles. The molecule has 2 fully saturated rings. The molecule has 0 aliphatic carbocycles. The Morgan fingerprint density at radius 2 is 2.05 bits per heavy atom. The molecule has 22 heavy (non-hydrogen) atoms. The second-order valence-electron chi connectivity index (χ2n) is 6.04. The summed E-state index contributed by atoms with van der Waals surface area (Å²) in [6.07, 6.45) is 4.40. The molecule has 0 N–H and O–H groups in total. The van der Waals surface area contributed by atoms with Crippen molar-refractivity contribution < 1.29 is 9.59 Å². The van der Waals surface area contributed by atoms with Crippen molar-refractivity contribution >= 4 is 11.8 Å². The highest BCUT2D eigenvalue weighted by atomic mass is 16.2. The molecule has 2 heterocycles. The summed E-state index contributed by atoms with van der Waals surface area (Å²) in [6.45, 7) is 5.07. The van der Waals surface area contributed by atoms with E-state index in [4.69, 9.17) is 0 Å². The minimum Gasteiger partial charge on any atom is -0.337 e. The second-order valence-corrected chi connectivity index (χ2v) is 6.04. The van der Waals surface area contributed by atoms with Gasteiger partial charge in [-0.25, -0.2) is 0 Å². The summed E-state index contributed by atoms with van der Waals surface area (Å²) in [5.74, 6) is 0.320. The average molecular weight is 298 g/mol. The highest BCUT2D eigenvalue weighted by Crippen LogP contribution is 2.32. The van der Waals surface area contributed by atoms with Crippen LogP contribution in [0, 0.1) is 0 Å². The van der Waals surface area contributed by atoms with Crippen molar-refractivity contribution in [2.75, 3.05) is 13.1 Å². The fourth-order valence-electron chi connectivity index (χ4n) is 3.65. The molecule has 1 aromatic carbocycles. The fraction of sp³-hybridized carbons (Fsp3) is 0.444. The molecule has 2 aliphatic heterocycles. The highest BCUT2D eigenvalue weighted by molar-refractivity contribution is 5.83. The largest absolute Gasteiger partial charge is 0.337 e. The van der Waals surface area contributed by atoms with Crippen LogP contribution in [0.1, 0.15) is 24.8 Å². The van der Waals surface area contributed by atoms with Crippen molar-refractivity contribution in [3.05, 3.63) is 48.6 Å². The van der Waals surface area contributed by atoms with E-state index >= 15 is 0 Å². The molecule has 116 valence electrons. The van der Waals surface area contributed by atoms with E-state index in [1.165, 1.54) is 5.56 Å². The van der Waals surface area contributed by atoms with Gasteiger partial charge >= 0.3 is 0 Å². The van der Waals surface area contributed by atoms with Gasteiger partial charge in [0, 0.05) is 25.9 Å². The molecule has 0 spiro atoms. The molecule has 2 aliphatic rings. The maximum atomic E-state index is 12.5. The summed E-state index contributed by atoms with van der Waals surface area (Å²) in [4.78, 5) is 28.4. The Morgan fingerprint density at radius 3 is 2.77 bits per heavy atom. The number of benzene rings is 1. The van der Waals surface area contributed by atoms with Crippen LogP contribution in [0.25, 0.3) is 0 Å². The molecule has 0 bridgehead atoms. The average Bonchev–Trinajstić information content (AvgIpc) is 3.06. The monoisotopic (exact) mass is 298 g/mol. The molecule has 1 aromatic rings. The zero-order valence-electron chi connectivity index (χ0n) is 12.8. The van der Waals surface area contributed by atoms with E-state index in [0.29, 0.717) is 19.4 Å². The van der Waals surface area contributed by atoms with Crippen LogP contribution in [0.15, 0.2) is 43.0 Å². The zero-order chi connectivity index (χ0) is 15.5. The number of fused-ring (bicyclic) bond motifs is 1. The number of carbonyl (C=O) groups excluding carboxylic acids is 2. The molecule has 2 atom stereocenters. The zero-order valence-corrected chi connectivity index (χ0v) is 12.8. The Hall–Kier alpha value is -2.10. The van der Waals surface area contributed by atoms with Gasteiger partial charge in [0.2, 0.25) is 11.8 Å². The van der Waals surface area contributed by atoms with Crippen LogP contribution in [0.2, 0.25) is 0 Å². The number of hydrogen-bond donors (Lipinski definition) is 0. The first-order valence-electron chi connectivity index (χ1n) is 7.94. The molecule has 2 saturated heterocycles. The summed E-state index contributed by atoms with van der Waals surface area (Å²) in [7, 11) is 0. The van der Waals surface area contributed by atoms with Gasteiger partial charge in [0.05, 0.1) is 12.1 Å². The van der Waals surface area contributed by atoms with Crippen LogP contribution in [-0.4, -0.2) is 46.8 Å². The standard InChI is InChI=1S/C18H22N2O2/c1-2-11-19-15-10-12-20(16(15)13-18(19)22)17(21)9-8-14-6-4-3-5-7-14/h2-7,15-16H,1,8-13H2/t15-,16+/m1/s1. The van der Waals surface area contributed by atoms with Gasteiger partial charge in [-0.05, 0) is 18.4 Å². The lowest BCUT2D eigenvalue weighted by Gasteiger charge is -2.24. The number of hydrogen-bond acceptors (Lipinski definition) is 2. The van der Waals surface area contributed by atoms with E-state index in [2.05, 4.69) is 6.58 Å². The van der Waals surface area contributed by atoms with E-state index < -0.39 is 0 Å². The lowest BCUT2D eigenvalue weighted by Crippen LogP contribution is -2.40. The van der Waals surface area contributed by atoms with Gasteiger partial charge in [0.1, 0.15) is 0 Å². The molecule has 3 rings (SSSR count). The summed E-state index contributed by atoms with van der Waals surface area (Å²) < 4.78 is 0. The number of carbonyl (C=O) groups is 2. The van der Waals surface area contributed by atoms with Crippen molar-refractivity contribution in [3.8, 4) is 0 Å². The highest BCUT2D eigenvalue weighted by Gasteiger charge is 2.47. The van der Waals surface area contributed by atoms with Gasteiger partial charge in [-0.2, -0.15) is 0 Å². The maximum Gasteiger partial charge on any atom is 0.225 e. The predicted octanol–water partition coefficient (Wildman–Crippen LogP) is 2.01. The fourth-order valence-corrected chi connectivity index (χ4v) is 3.65. The van der Waals surface area contributed by atoms with Crippen LogP contribution in [0.3, 0.4) is 0 Å². The SMILES string of the molecule is C=CCN1C(=O)C[C@H]2[C@H]1CCN2C(=O)CCc1ccccc1. The maximum absolute atomic E-state index is 12.5. The van der Waals surface area contributed by atoms with Gasteiger partial charge in [0.25, 0.3) is 0 Å². The third-order valence-electron chi connectivity index (χ3n) is 4.73. The lowest BCUT2D eigenvalue weighted by atomic mass is 10.1. The molecule has 4 nitrogen and oxygen atoms in total. The van der Waals surface area contributed by atoms with E-state index in [-0.39, 0.29) is 23.9 Å². The predicted molar refractivity (Wildman–Crippen MR) is 85.2 cm³/mol. The first-order chi connectivity index (χ1) is 10.7. The number of nitrogens with zero attached hydrogens (tertiary/aromatic N) is 2. The topological polar surface area (TPSA) is 40.6 Å². The number of rotatable bonds is 5. The van der Waals surface area contributed by atoms with Gasteiger partial charge in [-0.1, -0.05) is 36.4 Å². The van der Waals surface area contributed by atoms with Crippen molar-refractivity contribution in [2.45, 2.75) is 37.8 Å². The van der Waals surface area contributed by atoms with Crippen LogP contribution in [0.4, 0.5) is 0 Å². The lowest BCUT2D eigenvalue weighted by molar-refractivity contribution is -0.132. The van der Waals surface area contributed by atoms with Crippen molar-refractivity contribution in [1.29, 1.82) is 0 Å². The molecule has 4 heteroatoms. The number of amides is 2. The van der Waals surface area contributed by atoms with Crippen LogP contribution < -0.4 is 0 Å². The molecule has 2 amide bonds. The quantitative estimate of drug-likeness (QED) is 0.780. The van der Waals surface area contributed by atoms with E-state index in [0.717, 1.165) is 19.4 Å². The minimum absolute atomic E-state index is 0.0655. The van der Waals surface area contributed by atoms with E-state index in [9.17, 15) is 9.59 Å². The number of likely N-dealkylation sites (tertiary alicyclic amines) is 2. The van der Waals surface area contributed by atoms with E-state index in [1.807, 2.05) is 40.1 Å².